The van der Waals surface area contributed by atoms with E-state index < -0.39 is 0 Å². The van der Waals surface area contributed by atoms with Crippen molar-refractivity contribution in [2.75, 3.05) is 0 Å². The average molecular weight is 624 g/mol. The molecule has 4 aromatic carbocycles. The van der Waals surface area contributed by atoms with E-state index in [1.807, 2.05) is 23.5 Å². The van der Waals surface area contributed by atoms with E-state index in [2.05, 4.69) is 121 Å². The topological polar surface area (TPSA) is 0 Å². The molecule has 0 bridgehead atoms. The molecule has 31 heavy (non-hydrogen) atoms. The van der Waals surface area contributed by atoms with E-state index in [1.165, 1.54) is 22.3 Å². The standard InChI is InChI=1S/2C14H14S.Pt/c2*1-3-7-13(8-4-1)11-15-12-14-9-5-2-6-10-14;/h2*1-10H,11-12H2;. The zero-order chi connectivity index (χ0) is 20.7. The summed E-state index contributed by atoms with van der Waals surface area (Å²) in [6.45, 7) is 0. The molecule has 0 aliphatic carbocycles. The minimum atomic E-state index is 0. The van der Waals surface area contributed by atoms with Gasteiger partial charge in [-0.2, -0.15) is 23.5 Å². The van der Waals surface area contributed by atoms with Crippen LogP contribution in [0.1, 0.15) is 22.3 Å². The van der Waals surface area contributed by atoms with Crippen molar-refractivity contribution in [3.8, 4) is 0 Å². The van der Waals surface area contributed by atoms with E-state index in [-0.39, 0.29) is 21.1 Å². The summed E-state index contributed by atoms with van der Waals surface area (Å²) in [5.41, 5.74) is 5.61. The number of hydrogen-bond donors (Lipinski definition) is 0. The molecule has 0 fully saturated rings. The van der Waals surface area contributed by atoms with Crippen molar-refractivity contribution < 1.29 is 21.1 Å². The first-order valence-electron chi connectivity index (χ1n) is 10.2. The smallest absolute Gasteiger partial charge is 0.0187 e. The van der Waals surface area contributed by atoms with E-state index >= 15 is 0 Å². The second-order valence-electron chi connectivity index (χ2n) is 6.93. The van der Waals surface area contributed by atoms with Crippen LogP contribution in [-0.2, 0) is 44.1 Å². The van der Waals surface area contributed by atoms with E-state index in [9.17, 15) is 0 Å². The summed E-state index contributed by atoms with van der Waals surface area (Å²) in [4.78, 5) is 0. The van der Waals surface area contributed by atoms with E-state index in [0.29, 0.717) is 0 Å². The molecule has 0 nitrogen and oxygen atoms in total. The molecule has 0 unspecified atom stereocenters. The third-order valence-electron chi connectivity index (χ3n) is 4.45. The fraction of sp³-hybridized carbons (Fsp3) is 0.143. The van der Waals surface area contributed by atoms with Gasteiger partial charge in [0.2, 0.25) is 0 Å². The second-order valence-corrected chi connectivity index (χ2v) is 8.90. The van der Waals surface area contributed by atoms with Gasteiger partial charge in [-0.05, 0) is 22.3 Å². The Labute approximate surface area is 210 Å². The van der Waals surface area contributed by atoms with E-state index in [4.69, 9.17) is 0 Å². The van der Waals surface area contributed by atoms with Gasteiger partial charge < -0.3 is 0 Å². The van der Waals surface area contributed by atoms with Crippen LogP contribution < -0.4 is 0 Å². The maximum Gasteiger partial charge on any atom is 0.0187 e. The van der Waals surface area contributed by atoms with E-state index in [1.54, 1.807) is 0 Å². The molecule has 4 rings (SSSR count). The van der Waals surface area contributed by atoms with Gasteiger partial charge in [-0.1, -0.05) is 121 Å². The Morgan fingerprint density at radius 2 is 0.516 bits per heavy atom. The summed E-state index contributed by atoms with van der Waals surface area (Å²) in [6, 6.07) is 42.4. The fourth-order valence-corrected chi connectivity index (χ4v) is 4.79. The molecule has 0 radical (unpaired) electrons. The van der Waals surface area contributed by atoms with Gasteiger partial charge in [0.1, 0.15) is 0 Å². The molecule has 4 aromatic rings. The van der Waals surface area contributed by atoms with Crippen LogP contribution in [0, 0.1) is 0 Å². The van der Waals surface area contributed by atoms with Gasteiger partial charge in [0, 0.05) is 44.1 Å². The van der Waals surface area contributed by atoms with Crippen LogP contribution in [-0.4, -0.2) is 0 Å². The van der Waals surface area contributed by atoms with E-state index in [0.717, 1.165) is 23.0 Å². The fourth-order valence-electron chi connectivity index (χ4n) is 2.87. The normalized spacial score (nSPS) is 9.81. The molecule has 3 heteroatoms. The Morgan fingerprint density at radius 1 is 0.323 bits per heavy atom. The molecule has 0 aliphatic rings. The van der Waals surface area contributed by atoms with Gasteiger partial charge in [0.05, 0.1) is 0 Å². The zero-order valence-corrected chi connectivity index (χ0v) is 21.4. The molecule has 0 aliphatic heterocycles. The molecular weight excluding hydrogens is 596 g/mol. The molecule has 162 valence electrons. The summed E-state index contributed by atoms with van der Waals surface area (Å²) < 4.78 is 0. The van der Waals surface area contributed by atoms with Crippen LogP contribution in [0.15, 0.2) is 121 Å². The van der Waals surface area contributed by atoms with Crippen molar-refractivity contribution in [2.45, 2.75) is 23.0 Å². The Hall–Kier alpha value is -1.73. The number of hydrogen-bond acceptors (Lipinski definition) is 2. The average Bonchev–Trinajstić information content (AvgIpc) is 2.82. The van der Waals surface area contributed by atoms with Gasteiger partial charge in [0.15, 0.2) is 0 Å². The first kappa shape index (κ1) is 25.5. The molecule has 0 aromatic heterocycles. The molecule has 0 heterocycles. The van der Waals surface area contributed by atoms with Gasteiger partial charge >= 0.3 is 0 Å². The summed E-state index contributed by atoms with van der Waals surface area (Å²) >= 11 is 3.92. The number of rotatable bonds is 8. The van der Waals surface area contributed by atoms with Crippen LogP contribution in [0.2, 0.25) is 0 Å². The first-order chi connectivity index (χ1) is 14.9. The summed E-state index contributed by atoms with van der Waals surface area (Å²) in [5, 5.41) is 0. The molecule has 0 amide bonds. The van der Waals surface area contributed by atoms with Crippen molar-refractivity contribution >= 4 is 23.5 Å². The van der Waals surface area contributed by atoms with Crippen LogP contribution in [0.25, 0.3) is 0 Å². The molecule has 0 saturated carbocycles. The SMILES string of the molecule is [Pt].c1ccc(CSCc2ccccc2)cc1.c1ccc(CSCc2ccccc2)cc1. The van der Waals surface area contributed by atoms with Crippen LogP contribution in [0.5, 0.6) is 0 Å². The number of benzene rings is 4. The van der Waals surface area contributed by atoms with Crippen molar-refractivity contribution in [1.29, 1.82) is 0 Å². The largest absolute Gasteiger partial charge is 0.152 e. The quantitative estimate of drug-likeness (QED) is 0.194. The summed E-state index contributed by atoms with van der Waals surface area (Å²) in [6.07, 6.45) is 0. The Bertz CT molecular complexity index is 770. The third kappa shape index (κ3) is 10.9. The van der Waals surface area contributed by atoms with Crippen LogP contribution >= 0.6 is 23.5 Å². The van der Waals surface area contributed by atoms with Crippen molar-refractivity contribution in [1.82, 2.24) is 0 Å². The Morgan fingerprint density at radius 3 is 0.710 bits per heavy atom. The predicted octanol–water partition coefficient (Wildman–Crippen LogP) is 8.24. The number of thioether (sulfide) groups is 2. The molecular formula is C28H28PtS2. The predicted molar refractivity (Wildman–Crippen MR) is 136 cm³/mol. The minimum absolute atomic E-state index is 0. The van der Waals surface area contributed by atoms with Crippen LogP contribution in [0.3, 0.4) is 0 Å². The third-order valence-corrected chi connectivity index (χ3v) is 6.60. The van der Waals surface area contributed by atoms with Crippen molar-refractivity contribution in [3.63, 3.8) is 0 Å². The molecule has 0 saturated heterocycles. The zero-order valence-electron chi connectivity index (χ0n) is 17.5. The maximum atomic E-state index is 2.18. The van der Waals surface area contributed by atoms with Gasteiger partial charge in [0.25, 0.3) is 0 Å². The minimum Gasteiger partial charge on any atom is -0.152 e. The molecule has 0 N–H and O–H groups in total. The van der Waals surface area contributed by atoms with Gasteiger partial charge in [-0.3, -0.25) is 0 Å². The van der Waals surface area contributed by atoms with Gasteiger partial charge in [-0.25, -0.2) is 0 Å². The van der Waals surface area contributed by atoms with Crippen molar-refractivity contribution in [3.05, 3.63) is 144 Å². The van der Waals surface area contributed by atoms with Crippen LogP contribution in [0.4, 0.5) is 0 Å². The van der Waals surface area contributed by atoms with Gasteiger partial charge in [-0.15, -0.1) is 0 Å². The monoisotopic (exact) mass is 623 g/mol. The molecule has 0 spiro atoms. The second kappa shape index (κ2) is 16.0. The summed E-state index contributed by atoms with van der Waals surface area (Å²) in [5.74, 6) is 4.37. The van der Waals surface area contributed by atoms with Crippen molar-refractivity contribution in [2.24, 2.45) is 0 Å². The first-order valence-corrected chi connectivity index (χ1v) is 12.5. The maximum absolute atomic E-state index is 2.18. The summed E-state index contributed by atoms with van der Waals surface area (Å²) in [7, 11) is 0. The Kier molecular flexibility index (Phi) is 13.2. The Balaban J connectivity index is 0.000000213. The molecule has 0 atom stereocenters.